The number of nitrogens with zero attached hydrogens (tertiary/aromatic N) is 1. The van der Waals surface area contributed by atoms with Crippen molar-refractivity contribution in [3.63, 3.8) is 0 Å². The van der Waals surface area contributed by atoms with Crippen LogP contribution in [-0.4, -0.2) is 25.5 Å². The monoisotopic (exact) mass is 159 g/mol. The van der Waals surface area contributed by atoms with Gasteiger partial charge in [0.05, 0.1) is 0 Å². The van der Waals surface area contributed by atoms with Crippen LogP contribution in [0, 0.1) is 0 Å². The lowest BCUT2D eigenvalue weighted by Crippen LogP contribution is -2.12. The number of hydrogen-bond acceptors (Lipinski definition) is 1. The lowest BCUT2D eigenvalue weighted by Gasteiger charge is -2.06. The van der Waals surface area contributed by atoms with Crippen LogP contribution in [0.5, 0.6) is 0 Å². The van der Waals surface area contributed by atoms with E-state index < -0.39 is 0 Å². The van der Waals surface area contributed by atoms with Gasteiger partial charge in [0, 0.05) is 0 Å². The molecule has 0 bridgehead atoms. The Labute approximate surface area is 72.8 Å². The van der Waals surface area contributed by atoms with E-state index in [1.165, 1.54) is 32.2 Å². The van der Waals surface area contributed by atoms with Crippen molar-refractivity contribution in [2.24, 2.45) is 0 Å². The van der Waals surface area contributed by atoms with E-state index in [1.807, 2.05) is 0 Å². The van der Waals surface area contributed by atoms with Crippen molar-refractivity contribution in [1.82, 2.24) is 4.90 Å². The molecule has 1 heteroatoms. The molecule has 0 radical (unpaired) electrons. The summed E-state index contributed by atoms with van der Waals surface area (Å²) >= 11 is 0. The topological polar surface area (TPSA) is 3.24 Å². The number of unbranched alkanes of at least 4 members (excludes halogenated alkanes) is 2. The minimum absolute atomic E-state index is 1.24. The lowest BCUT2D eigenvalue weighted by atomic mass is 10.2. The quantitative estimate of drug-likeness (QED) is 0.570. The van der Waals surface area contributed by atoms with Gasteiger partial charge in [-0.05, 0) is 27.1 Å². The third kappa shape index (κ3) is 25.7. The molecule has 0 amide bonds. The summed E-state index contributed by atoms with van der Waals surface area (Å²) in [4.78, 5) is 2.23. The van der Waals surface area contributed by atoms with Gasteiger partial charge in [-0.1, -0.05) is 40.0 Å². The standard InChI is InChI=1S/C7H17N.C3H8/c1-4-5-6-7-8(2)3;1-3-2/h4-7H2,1-3H3;3H2,1-2H3. The Hall–Kier alpha value is -0.0400. The molecular weight excluding hydrogens is 134 g/mol. The summed E-state index contributed by atoms with van der Waals surface area (Å²) in [7, 11) is 4.24. The molecule has 0 aromatic heterocycles. The summed E-state index contributed by atoms with van der Waals surface area (Å²) in [6.07, 6.45) is 5.30. The summed E-state index contributed by atoms with van der Waals surface area (Å²) in [6.45, 7) is 7.73. The van der Waals surface area contributed by atoms with E-state index in [4.69, 9.17) is 0 Å². The van der Waals surface area contributed by atoms with Gasteiger partial charge in [-0.3, -0.25) is 0 Å². The van der Waals surface area contributed by atoms with E-state index in [-0.39, 0.29) is 0 Å². The third-order valence-electron chi connectivity index (χ3n) is 1.21. The molecule has 0 aliphatic carbocycles. The van der Waals surface area contributed by atoms with Crippen molar-refractivity contribution in [2.45, 2.75) is 46.5 Å². The first-order chi connectivity index (χ1) is 5.18. The van der Waals surface area contributed by atoms with E-state index in [1.54, 1.807) is 0 Å². The predicted octanol–water partition coefficient (Wildman–Crippen LogP) is 3.15. The van der Waals surface area contributed by atoms with Gasteiger partial charge in [0.15, 0.2) is 0 Å². The summed E-state index contributed by atoms with van der Waals surface area (Å²) in [5, 5.41) is 0. The van der Waals surface area contributed by atoms with Crippen LogP contribution in [0.1, 0.15) is 46.5 Å². The maximum absolute atomic E-state index is 2.23. The Bertz CT molecular complexity index is 50.8. The molecule has 0 unspecified atom stereocenters. The first-order valence-corrected chi connectivity index (χ1v) is 4.83. The van der Waals surface area contributed by atoms with Crippen LogP contribution in [0.15, 0.2) is 0 Å². The molecule has 0 atom stereocenters. The molecule has 70 valence electrons. The number of hydrogen-bond donors (Lipinski definition) is 0. The van der Waals surface area contributed by atoms with E-state index >= 15 is 0 Å². The average molecular weight is 159 g/mol. The Morgan fingerprint density at radius 1 is 0.909 bits per heavy atom. The van der Waals surface area contributed by atoms with Gasteiger partial charge in [-0.15, -0.1) is 0 Å². The average Bonchev–Trinajstić information content (AvgIpc) is 1.89. The molecule has 0 N–H and O–H groups in total. The highest BCUT2D eigenvalue weighted by molar-refractivity contribution is 4.42. The highest BCUT2D eigenvalue weighted by Crippen LogP contribution is 1.93. The first-order valence-electron chi connectivity index (χ1n) is 4.83. The van der Waals surface area contributed by atoms with Crippen LogP contribution >= 0.6 is 0 Å². The van der Waals surface area contributed by atoms with Gasteiger partial charge in [-0.25, -0.2) is 0 Å². The Balaban J connectivity index is 0. The van der Waals surface area contributed by atoms with Gasteiger partial charge in [0.1, 0.15) is 0 Å². The zero-order valence-corrected chi connectivity index (χ0v) is 8.98. The Morgan fingerprint density at radius 3 is 1.64 bits per heavy atom. The van der Waals surface area contributed by atoms with Gasteiger partial charge in [0.25, 0.3) is 0 Å². The second-order valence-electron chi connectivity index (χ2n) is 3.22. The van der Waals surface area contributed by atoms with Gasteiger partial charge in [-0.2, -0.15) is 0 Å². The fourth-order valence-electron chi connectivity index (χ4n) is 0.678. The maximum atomic E-state index is 2.23. The smallest absolute Gasteiger partial charge is 0.00248 e. The summed E-state index contributed by atoms with van der Waals surface area (Å²) in [5.74, 6) is 0. The zero-order valence-electron chi connectivity index (χ0n) is 8.98. The van der Waals surface area contributed by atoms with E-state index in [0.717, 1.165) is 0 Å². The zero-order chi connectivity index (χ0) is 9.11. The van der Waals surface area contributed by atoms with Crippen LogP contribution in [0.3, 0.4) is 0 Å². The summed E-state index contributed by atoms with van der Waals surface area (Å²) in [6, 6.07) is 0. The van der Waals surface area contributed by atoms with Crippen molar-refractivity contribution < 1.29 is 0 Å². The van der Waals surface area contributed by atoms with Crippen LogP contribution < -0.4 is 0 Å². The molecule has 0 spiro atoms. The second-order valence-corrected chi connectivity index (χ2v) is 3.22. The molecule has 0 aliphatic rings. The Kier molecular flexibility index (Phi) is 15.5. The molecular formula is C10H25N. The van der Waals surface area contributed by atoms with Gasteiger partial charge >= 0.3 is 0 Å². The maximum Gasteiger partial charge on any atom is -0.00248 e. The SMILES string of the molecule is CCC.CCCCCN(C)C. The normalized spacial score (nSPS) is 9.27. The molecule has 0 aromatic rings. The second kappa shape index (κ2) is 12.6. The molecule has 0 rings (SSSR count). The van der Waals surface area contributed by atoms with Crippen molar-refractivity contribution in [3.05, 3.63) is 0 Å². The van der Waals surface area contributed by atoms with Gasteiger partial charge < -0.3 is 4.90 Å². The van der Waals surface area contributed by atoms with E-state index in [0.29, 0.717) is 0 Å². The minimum atomic E-state index is 1.24. The van der Waals surface area contributed by atoms with Crippen LogP contribution in [-0.2, 0) is 0 Å². The van der Waals surface area contributed by atoms with Gasteiger partial charge in [0.2, 0.25) is 0 Å². The largest absolute Gasteiger partial charge is 0.309 e. The van der Waals surface area contributed by atoms with Crippen molar-refractivity contribution >= 4 is 0 Å². The molecule has 0 aromatic carbocycles. The van der Waals surface area contributed by atoms with Crippen LogP contribution in [0.4, 0.5) is 0 Å². The fourth-order valence-corrected chi connectivity index (χ4v) is 0.678. The molecule has 0 aliphatic heterocycles. The van der Waals surface area contributed by atoms with Crippen molar-refractivity contribution in [2.75, 3.05) is 20.6 Å². The summed E-state index contributed by atoms with van der Waals surface area (Å²) in [5.41, 5.74) is 0. The predicted molar refractivity (Wildman–Crippen MR) is 54.0 cm³/mol. The molecule has 0 saturated heterocycles. The summed E-state index contributed by atoms with van der Waals surface area (Å²) < 4.78 is 0. The van der Waals surface area contributed by atoms with Crippen molar-refractivity contribution in [1.29, 1.82) is 0 Å². The van der Waals surface area contributed by atoms with E-state index in [2.05, 4.69) is 39.8 Å². The third-order valence-corrected chi connectivity index (χ3v) is 1.21. The molecule has 0 heterocycles. The van der Waals surface area contributed by atoms with Crippen LogP contribution in [0.25, 0.3) is 0 Å². The lowest BCUT2D eigenvalue weighted by molar-refractivity contribution is 0.393. The molecule has 0 fully saturated rings. The highest BCUT2D eigenvalue weighted by Gasteiger charge is 1.86. The van der Waals surface area contributed by atoms with Crippen molar-refractivity contribution in [3.8, 4) is 0 Å². The molecule has 11 heavy (non-hydrogen) atoms. The fraction of sp³-hybridized carbons (Fsp3) is 1.00. The molecule has 0 saturated carbocycles. The van der Waals surface area contributed by atoms with Crippen LogP contribution in [0.2, 0.25) is 0 Å². The minimum Gasteiger partial charge on any atom is -0.309 e. The Morgan fingerprint density at radius 2 is 1.36 bits per heavy atom. The first kappa shape index (κ1) is 13.5. The van der Waals surface area contributed by atoms with E-state index in [9.17, 15) is 0 Å². The highest BCUT2D eigenvalue weighted by atomic mass is 15.0. The number of rotatable bonds is 4. The molecule has 1 nitrogen and oxygen atoms in total.